The summed E-state index contributed by atoms with van der Waals surface area (Å²) in [6.45, 7) is 5.59. The Bertz CT molecular complexity index is 412. The maximum absolute atomic E-state index is 5.59. The first-order chi connectivity index (χ1) is 6.84. The normalized spacial score (nSPS) is 9.40. The van der Waals surface area contributed by atoms with Crippen molar-refractivity contribution in [3.8, 4) is 0 Å². The molecule has 0 unspecified atom stereocenters. The van der Waals surface area contributed by atoms with Crippen LogP contribution in [0.2, 0.25) is 0 Å². The van der Waals surface area contributed by atoms with E-state index in [9.17, 15) is 0 Å². The Morgan fingerprint density at radius 1 is 1.13 bits per heavy atom. The molecular weight excluding hydrogens is 263 g/mol. The van der Waals surface area contributed by atoms with Crippen LogP contribution in [0.25, 0.3) is 0 Å². The van der Waals surface area contributed by atoms with E-state index in [1.807, 2.05) is 36.4 Å². The van der Waals surface area contributed by atoms with Crippen molar-refractivity contribution in [3.63, 3.8) is 0 Å². The molecule has 0 N–H and O–H groups in total. The van der Waals surface area contributed by atoms with E-state index in [1.165, 1.54) is 0 Å². The molecular formula is C13H10NNb-. The minimum atomic E-state index is 0. The third-order valence-electron chi connectivity index (χ3n) is 1.97. The van der Waals surface area contributed by atoms with Gasteiger partial charge in [0.2, 0.25) is 0 Å². The molecule has 0 spiro atoms. The minimum absolute atomic E-state index is 0. The minimum Gasteiger partial charge on any atom is -0.257 e. The molecule has 0 aliphatic carbocycles. The fraction of sp³-hybridized carbons (Fsp3) is 0.0769. The smallest absolute Gasteiger partial charge is 0.0451 e. The van der Waals surface area contributed by atoms with Crippen molar-refractivity contribution in [1.29, 1.82) is 0 Å². The third-order valence-corrected chi connectivity index (χ3v) is 1.97. The Hall–Kier alpha value is -0.890. The van der Waals surface area contributed by atoms with E-state index in [-0.39, 0.29) is 22.4 Å². The van der Waals surface area contributed by atoms with Gasteiger partial charge >= 0.3 is 0 Å². The predicted molar refractivity (Wildman–Crippen MR) is 55.7 cm³/mol. The monoisotopic (exact) mass is 273 g/mol. The van der Waals surface area contributed by atoms with Gasteiger partial charge in [-0.1, -0.05) is 6.07 Å². The Labute approximate surface area is 106 Å². The van der Waals surface area contributed by atoms with Gasteiger partial charge in [-0.05, 0) is 18.6 Å². The molecule has 1 nitrogen and oxygen atoms in total. The summed E-state index contributed by atoms with van der Waals surface area (Å²) in [5, 5.41) is 0. The molecule has 0 amide bonds. The van der Waals surface area contributed by atoms with Gasteiger partial charge in [-0.3, -0.25) is 4.98 Å². The summed E-state index contributed by atoms with van der Waals surface area (Å²) in [5.74, 6) is 0. The SMILES string of the molecule is [CH]c1cccc(Cc2[c-]cccc2)n1.[Nb]. The summed E-state index contributed by atoms with van der Waals surface area (Å²) in [7, 11) is 0. The van der Waals surface area contributed by atoms with E-state index in [0.717, 1.165) is 17.7 Å². The van der Waals surface area contributed by atoms with Crippen LogP contribution in [0.4, 0.5) is 0 Å². The molecule has 0 aliphatic heterocycles. The molecule has 2 heteroatoms. The third kappa shape index (κ3) is 3.63. The van der Waals surface area contributed by atoms with Crippen LogP contribution in [-0.4, -0.2) is 4.98 Å². The molecule has 1 heterocycles. The fourth-order valence-corrected chi connectivity index (χ4v) is 1.33. The topological polar surface area (TPSA) is 12.9 Å². The standard InChI is InChI=1S/C13H10N.Nb/c1-11-6-5-9-13(14-11)10-12-7-3-2-4-8-12;/h1-7,9H,10H2;/q-1;. The van der Waals surface area contributed by atoms with Gasteiger partial charge in [-0.15, -0.1) is 0 Å². The Morgan fingerprint density at radius 3 is 2.67 bits per heavy atom. The number of aromatic nitrogens is 1. The van der Waals surface area contributed by atoms with Gasteiger partial charge in [0.25, 0.3) is 0 Å². The van der Waals surface area contributed by atoms with Gasteiger partial charge in [-0.25, -0.2) is 0 Å². The molecule has 2 rings (SSSR count). The van der Waals surface area contributed by atoms with Crippen molar-refractivity contribution in [2.75, 3.05) is 0 Å². The Kier molecular flexibility index (Phi) is 4.76. The van der Waals surface area contributed by atoms with Crippen molar-refractivity contribution >= 4 is 0 Å². The zero-order valence-electron chi connectivity index (χ0n) is 8.22. The first-order valence-corrected chi connectivity index (χ1v) is 4.51. The van der Waals surface area contributed by atoms with Crippen LogP contribution in [0, 0.1) is 13.0 Å². The zero-order chi connectivity index (χ0) is 9.80. The summed E-state index contributed by atoms with van der Waals surface area (Å²) in [6, 6.07) is 16.7. The van der Waals surface area contributed by atoms with Crippen LogP contribution in [0.15, 0.2) is 42.5 Å². The molecule has 73 valence electrons. The number of hydrogen-bond donors (Lipinski definition) is 0. The second-order valence-corrected chi connectivity index (χ2v) is 3.12. The molecule has 0 saturated heterocycles. The van der Waals surface area contributed by atoms with Gasteiger partial charge in [0.05, 0.1) is 0 Å². The van der Waals surface area contributed by atoms with Crippen LogP contribution in [-0.2, 0) is 28.8 Å². The number of rotatable bonds is 2. The molecule has 0 saturated carbocycles. The van der Waals surface area contributed by atoms with E-state index >= 15 is 0 Å². The van der Waals surface area contributed by atoms with Crippen molar-refractivity contribution in [1.82, 2.24) is 4.98 Å². The van der Waals surface area contributed by atoms with Gasteiger partial charge in [0, 0.05) is 40.7 Å². The van der Waals surface area contributed by atoms with Gasteiger partial charge < -0.3 is 0 Å². The molecule has 2 aromatic rings. The molecule has 0 atom stereocenters. The van der Waals surface area contributed by atoms with E-state index in [1.54, 1.807) is 6.07 Å². The van der Waals surface area contributed by atoms with E-state index in [4.69, 9.17) is 6.92 Å². The maximum atomic E-state index is 5.59. The molecule has 15 heavy (non-hydrogen) atoms. The summed E-state index contributed by atoms with van der Waals surface area (Å²) >= 11 is 0. The molecule has 0 fully saturated rings. The van der Waals surface area contributed by atoms with Crippen molar-refractivity contribution in [3.05, 3.63) is 72.4 Å². The maximum Gasteiger partial charge on any atom is 0.0451 e. The number of benzene rings is 1. The van der Waals surface area contributed by atoms with Crippen LogP contribution in [0.1, 0.15) is 17.0 Å². The largest absolute Gasteiger partial charge is 0.257 e. The van der Waals surface area contributed by atoms with E-state index < -0.39 is 0 Å². The number of nitrogens with zero attached hydrogens (tertiary/aromatic N) is 1. The first kappa shape index (κ1) is 12.2. The van der Waals surface area contributed by atoms with Crippen molar-refractivity contribution in [2.24, 2.45) is 0 Å². The second-order valence-electron chi connectivity index (χ2n) is 3.12. The van der Waals surface area contributed by atoms with Crippen LogP contribution in [0.3, 0.4) is 0 Å². The molecule has 0 aliphatic rings. The summed E-state index contributed by atoms with van der Waals surface area (Å²) in [6.07, 6.45) is 0.784. The van der Waals surface area contributed by atoms with Gasteiger partial charge in [0.15, 0.2) is 0 Å². The average molecular weight is 273 g/mol. The summed E-state index contributed by atoms with van der Waals surface area (Å²) in [5.41, 5.74) is 2.68. The Balaban J connectivity index is 0.00000112. The average Bonchev–Trinajstić information content (AvgIpc) is 2.19. The van der Waals surface area contributed by atoms with Crippen molar-refractivity contribution < 1.29 is 22.4 Å². The number of pyridine rings is 1. The molecule has 1 aromatic heterocycles. The van der Waals surface area contributed by atoms with E-state index in [2.05, 4.69) is 11.1 Å². The first-order valence-electron chi connectivity index (χ1n) is 4.51. The summed E-state index contributed by atoms with van der Waals surface area (Å²) < 4.78 is 0. The van der Waals surface area contributed by atoms with Gasteiger partial charge in [0.1, 0.15) is 0 Å². The quantitative estimate of drug-likeness (QED) is 0.605. The molecule has 3 radical (unpaired) electrons. The van der Waals surface area contributed by atoms with Gasteiger partial charge in [-0.2, -0.15) is 35.9 Å². The molecule has 0 bridgehead atoms. The number of hydrogen-bond acceptors (Lipinski definition) is 1. The molecule has 1 aromatic carbocycles. The van der Waals surface area contributed by atoms with Crippen LogP contribution < -0.4 is 0 Å². The zero-order valence-corrected chi connectivity index (χ0v) is 10.4. The van der Waals surface area contributed by atoms with Crippen molar-refractivity contribution in [2.45, 2.75) is 6.42 Å². The summed E-state index contributed by atoms with van der Waals surface area (Å²) in [4.78, 5) is 4.23. The van der Waals surface area contributed by atoms with Crippen LogP contribution in [0.5, 0.6) is 0 Å². The predicted octanol–water partition coefficient (Wildman–Crippen LogP) is 2.53. The van der Waals surface area contributed by atoms with E-state index in [0.29, 0.717) is 5.69 Å². The van der Waals surface area contributed by atoms with Crippen LogP contribution >= 0.6 is 0 Å². The Morgan fingerprint density at radius 2 is 2.00 bits per heavy atom. The fourth-order valence-electron chi connectivity index (χ4n) is 1.33. The second kappa shape index (κ2) is 5.86.